The van der Waals surface area contributed by atoms with Gasteiger partial charge in [-0.05, 0) is 12.1 Å². The molecule has 0 amide bonds. The lowest BCUT2D eigenvalue weighted by atomic mass is 10.2. The second kappa shape index (κ2) is 3.78. The number of hydrogen-bond donors (Lipinski definition) is 1. The molecule has 0 heterocycles. The summed E-state index contributed by atoms with van der Waals surface area (Å²) in [5.74, 6) is -0.506. The average molecular weight is 150 g/mol. The minimum Gasteiger partial charge on any atom is -0.509 e. The minimum atomic E-state index is -0.576. The highest BCUT2D eigenvalue weighted by Crippen LogP contribution is 1.99. The van der Waals surface area contributed by atoms with E-state index in [4.69, 9.17) is 5.02 Å². The fraction of sp³-hybridized carbons (Fsp3) is 0. The van der Waals surface area contributed by atoms with E-state index in [1.165, 1.54) is 0 Å². The molecule has 3 nitrogen and oxygen atoms in total. The van der Waals surface area contributed by atoms with Gasteiger partial charge < -0.3 is 9.68 Å². The number of benzene rings is 1. The summed E-state index contributed by atoms with van der Waals surface area (Å²) in [6.45, 7) is 0. The Bertz CT molecular complexity index is 235. The van der Waals surface area contributed by atoms with Gasteiger partial charge in [-0.15, -0.1) is 0 Å². The Morgan fingerprint density at radius 2 is 2.00 bits per heavy atom. The second-order valence-electron chi connectivity index (χ2n) is 1.93. The molecule has 0 saturated carbocycles. The molecular formula is C7H7BO3. The molecule has 0 aliphatic heterocycles. The Hall–Kier alpha value is -1.29. The molecule has 4 heteroatoms. The molecule has 0 saturated heterocycles. The molecule has 0 radical (unpaired) electrons. The zero-order valence-corrected chi connectivity index (χ0v) is 5.86. The van der Waals surface area contributed by atoms with Crippen LogP contribution in [0.5, 0.6) is 0 Å². The largest absolute Gasteiger partial charge is 0.509 e. The Kier molecular flexibility index (Phi) is 2.69. The number of carbonyl (C=O) groups is 1. The van der Waals surface area contributed by atoms with Crippen LogP contribution in [0.3, 0.4) is 0 Å². The van der Waals surface area contributed by atoms with Crippen LogP contribution in [0.4, 0.5) is 0 Å². The monoisotopic (exact) mass is 150 g/mol. The van der Waals surface area contributed by atoms with Crippen molar-refractivity contribution in [1.29, 1.82) is 0 Å². The summed E-state index contributed by atoms with van der Waals surface area (Å²) in [5, 5.41) is 8.25. The van der Waals surface area contributed by atoms with Gasteiger partial charge >= 0.3 is 13.7 Å². The third-order valence-corrected chi connectivity index (χ3v) is 1.21. The van der Waals surface area contributed by atoms with Gasteiger partial charge in [0.05, 0.1) is 5.56 Å². The summed E-state index contributed by atoms with van der Waals surface area (Å²) in [5.41, 5.74) is 0.446. The van der Waals surface area contributed by atoms with Crippen molar-refractivity contribution < 1.29 is 14.5 Å². The van der Waals surface area contributed by atoms with Gasteiger partial charge in [-0.3, -0.25) is 0 Å². The van der Waals surface area contributed by atoms with Crippen LogP contribution in [0.25, 0.3) is 0 Å². The first-order valence-corrected chi connectivity index (χ1v) is 3.17. The van der Waals surface area contributed by atoms with Gasteiger partial charge in [0, 0.05) is 0 Å². The summed E-state index contributed by atoms with van der Waals surface area (Å²) in [7, 11) is -0.576. The molecule has 0 spiro atoms. The molecular weight excluding hydrogens is 143 g/mol. The molecule has 56 valence electrons. The molecule has 0 aromatic heterocycles. The van der Waals surface area contributed by atoms with Crippen molar-refractivity contribution in [2.75, 3.05) is 0 Å². The number of carbonyl (C=O) groups excluding carboxylic acids is 1. The molecule has 1 rings (SSSR count). The van der Waals surface area contributed by atoms with Crippen LogP contribution in [0.15, 0.2) is 30.3 Å². The van der Waals surface area contributed by atoms with Gasteiger partial charge in [-0.25, -0.2) is 4.79 Å². The molecule has 1 aromatic carbocycles. The lowest BCUT2D eigenvalue weighted by Crippen LogP contribution is -2.07. The molecule has 0 aliphatic carbocycles. The summed E-state index contributed by atoms with van der Waals surface area (Å²) < 4.78 is 4.34. The van der Waals surface area contributed by atoms with Crippen molar-refractivity contribution in [3.05, 3.63) is 35.9 Å². The molecule has 0 fully saturated rings. The lowest BCUT2D eigenvalue weighted by molar-refractivity contribution is 0.0719. The fourth-order valence-corrected chi connectivity index (χ4v) is 0.716. The summed E-state index contributed by atoms with van der Waals surface area (Å²) in [6, 6.07) is 8.51. The topological polar surface area (TPSA) is 46.5 Å². The van der Waals surface area contributed by atoms with Crippen LogP contribution in [-0.2, 0) is 4.65 Å². The lowest BCUT2D eigenvalue weighted by Gasteiger charge is -1.98. The molecule has 0 aliphatic rings. The van der Waals surface area contributed by atoms with E-state index in [1.54, 1.807) is 30.3 Å². The van der Waals surface area contributed by atoms with Crippen molar-refractivity contribution >= 4 is 13.7 Å². The van der Waals surface area contributed by atoms with Gasteiger partial charge in [-0.2, -0.15) is 0 Å². The van der Waals surface area contributed by atoms with Crippen LogP contribution < -0.4 is 0 Å². The molecule has 0 atom stereocenters. The van der Waals surface area contributed by atoms with E-state index < -0.39 is 13.7 Å². The van der Waals surface area contributed by atoms with Gasteiger partial charge in [-0.1, -0.05) is 18.2 Å². The van der Waals surface area contributed by atoms with Crippen LogP contribution in [0, 0.1) is 0 Å². The first-order valence-electron chi connectivity index (χ1n) is 3.17. The normalized spacial score (nSPS) is 8.82. The molecule has 11 heavy (non-hydrogen) atoms. The summed E-state index contributed by atoms with van der Waals surface area (Å²) >= 11 is 0. The molecule has 0 bridgehead atoms. The molecule has 1 aromatic rings. The maximum Gasteiger partial charge on any atom is 0.506 e. The SMILES string of the molecule is O=C(OBO)c1ccccc1. The van der Waals surface area contributed by atoms with Crippen LogP contribution in [0.1, 0.15) is 10.4 Å². The van der Waals surface area contributed by atoms with Crippen molar-refractivity contribution in [2.24, 2.45) is 0 Å². The Labute approximate surface area is 64.9 Å². The molecule has 1 N–H and O–H groups in total. The number of hydrogen-bond acceptors (Lipinski definition) is 3. The first kappa shape index (κ1) is 7.82. The van der Waals surface area contributed by atoms with Gasteiger partial charge in [0.2, 0.25) is 0 Å². The predicted molar refractivity (Wildman–Crippen MR) is 41.2 cm³/mol. The van der Waals surface area contributed by atoms with Crippen molar-refractivity contribution in [3.63, 3.8) is 0 Å². The van der Waals surface area contributed by atoms with Gasteiger partial charge in [0.1, 0.15) is 0 Å². The standard InChI is InChI=1S/C7H7BO3/c9-7(11-8-10)6-4-2-1-3-5-6/h1-5,8,10H. The maximum atomic E-state index is 10.9. The Morgan fingerprint density at radius 3 is 2.55 bits per heavy atom. The van der Waals surface area contributed by atoms with Gasteiger partial charge in [0.25, 0.3) is 0 Å². The van der Waals surface area contributed by atoms with E-state index >= 15 is 0 Å². The Morgan fingerprint density at radius 1 is 1.36 bits per heavy atom. The van der Waals surface area contributed by atoms with Gasteiger partial charge in [0.15, 0.2) is 0 Å². The third-order valence-electron chi connectivity index (χ3n) is 1.21. The van der Waals surface area contributed by atoms with E-state index in [2.05, 4.69) is 4.65 Å². The van der Waals surface area contributed by atoms with E-state index in [0.717, 1.165) is 0 Å². The minimum absolute atomic E-state index is 0.446. The average Bonchev–Trinajstić information content (AvgIpc) is 2.07. The summed E-state index contributed by atoms with van der Waals surface area (Å²) in [6.07, 6.45) is 0. The van der Waals surface area contributed by atoms with Crippen molar-refractivity contribution in [1.82, 2.24) is 0 Å². The van der Waals surface area contributed by atoms with Crippen LogP contribution in [0.2, 0.25) is 0 Å². The smallest absolute Gasteiger partial charge is 0.506 e. The Balaban J connectivity index is 2.69. The molecule has 0 unspecified atom stereocenters. The van der Waals surface area contributed by atoms with Crippen LogP contribution >= 0.6 is 0 Å². The third kappa shape index (κ3) is 2.09. The maximum absolute atomic E-state index is 10.9. The van der Waals surface area contributed by atoms with E-state index in [-0.39, 0.29) is 0 Å². The van der Waals surface area contributed by atoms with Crippen LogP contribution in [-0.4, -0.2) is 18.7 Å². The van der Waals surface area contributed by atoms with Crippen molar-refractivity contribution in [3.8, 4) is 0 Å². The second-order valence-corrected chi connectivity index (χ2v) is 1.93. The predicted octanol–water partition coefficient (Wildman–Crippen LogP) is 0.102. The fourth-order valence-electron chi connectivity index (χ4n) is 0.716. The van der Waals surface area contributed by atoms with Crippen molar-refractivity contribution in [2.45, 2.75) is 0 Å². The van der Waals surface area contributed by atoms with E-state index in [9.17, 15) is 4.79 Å². The summed E-state index contributed by atoms with van der Waals surface area (Å²) in [4.78, 5) is 10.9. The highest BCUT2D eigenvalue weighted by atomic mass is 16.6. The zero-order chi connectivity index (χ0) is 8.10. The van der Waals surface area contributed by atoms with E-state index in [0.29, 0.717) is 5.56 Å². The quantitative estimate of drug-likeness (QED) is 0.608. The highest BCUT2D eigenvalue weighted by molar-refractivity contribution is 6.22. The van der Waals surface area contributed by atoms with E-state index in [1.807, 2.05) is 0 Å². The zero-order valence-electron chi connectivity index (χ0n) is 5.86. The highest BCUT2D eigenvalue weighted by Gasteiger charge is 2.03. The number of rotatable bonds is 2. The first-order chi connectivity index (χ1) is 5.34.